The Labute approximate surface area is 55.7 Å². The first kappa shape index (κ1) is 37.9. The molecule has 32 valence electrons. The predicted molar refractivity (Wildman–Crippen MR) is 42.1 cm³/mol. The van der Waals surface area contributed by atoms with Crippen LogP contribution in [0.4, 0.5) is 0 Å². The van der Waals surface area contributed by atoms with Gasteiger partial charge in [0.1, 0.15) is 0 Å². The molecule has 0 aliphatic carbocycles. The fourth-order valence-corrected chi connectivity index (χ4v) is 0. The van der Waals surface area contributed by atoms with Gasteiger partial charge in [0, 0.05) is 0 Å². The zero-order valence-electron chi connectivity index (χ0n) is 2.83. The monoisotopic (exact) mass is 224 g/mol. The number of hydrogen-bond acceptors (Lipinski definition) is 0. The molecule has 0 heterocycles. The van der Waals surface area contributed by atoms with Crippen LogP contribution in [0.15, 0.2) is 0 Å². The molecule has 4 atom stereocenters. The molecule has 0 amide bonds. The summed E-state index contributed by atoms with van der Waals surface area (Å²) < 4.78 is 0. The molecule has 0 aliphatic heterocycles. The van der Waals surface area contributed by atoms with Crippen LogP contribution >= 0.6 is 19.8 Å². The molecule has 0 aromatic carbocycles. The summed E-state index contributed by atoms with van der Waals surface area (Å²) >= 11 is 0. The molecule has 0 rings (SSSR count). The second-order valence-electron chi connectivity index (χ2n) is 0. The topological polar surface area (TPSA) is 0 Å². The zero-order valence-corrected chi connectivity index (χ0v) is 11.6. The van der Waals surface area contributed by atoms with Crippen LogP contribution in [-0.2, 0) is 0 Å². The van der Waals surface area contributed by atoms with Gasteiger partial charge in [0.05, 0.1) is 0 Å². The molecule has 0 aromatic rings. The van der Waals surface area contributed by atoms with Crippen molar-refractivity contribution in [1.82, 2.24) is 0 Å². The molecule has 4 heavy (non-hydrogen) atoms. The average Bonchev–Trinajstić information content (AvgIpc) is 0. The fourth-order valence-electron chi connectivity index (χ4n) is 0. The Morgan fingerprint density at radius 1 is 0.500 bits per heavy atom. The Balaban J connectivity index is 0. The molecule has 0 bridgehead atoms. The van der Waals surface area contributed by atoms with E-state index in [1.165, 1.54) is 0 Å². The summed E-state index contributed by atoms with van der Waals surface area (Å²) in [5.74, 6) is 0. The third-order valence-corrected chi connectivity index (χ3v) is 0. The Hall–Kier alpha value is 1.98. The van der Waals surface area contributed by atoms with Gasteiger partial charge in [0.15, 0.2) is 0 Å². The van der Waals surface area contributed by atoms with Crippen LogP contribution in [0.25, 0.3) is 0 Å². The summed E-state index contributed by atoms with van der Waals surface area (Å²) in [4.78, 5) is 0. The summed E-state index contributed by atoms with van der Waals surface area (Å²) in [6.07, 6.45) is 0. The van der Waals surface area contributed by atoms with Crippen LogP contribution in [0, 0.1) is 0 Å². The van der Waals surface area contributed by atoms with Crippen molar-refractivity contribution in [2.45, 2.75) is 0 Å². The van der Waals surface area contributed by atoms with Gasteiger partial charge in [-0.3, -0.25) is 0 Å². The van der Waals surface area contributed by atoms with Crippen molar-refractivity contribution < 1.29 is 0 Å². The van der Waals surface area contributed by atoms with Crippen molar-refractivity contribution in [3.05, 3.63) is 0 Å². The Kier molecular flexibility index (Phi) is 191. The quantitative estimate of drug-likeness (QED) is 0.322. The van der Waals surface area contributed by atoms with Crippen LogP contribution in [0.3, 0.4) is 0 Å². The van der Waals surface area contributed by atoms with E-state index >= 15 is 0 Å². The Bertz CT molecular complexity index is 4.00. The van der Waals surface area contributed by atoms with E-state index in [4.69, 9.17) is 0 Å². The summed E-state index contributed by atoms with van der Waals surface area (Å²) in [6.45, 7) is 0. The van der Waals surface area contributed by atoms with Crippen molar-refractivity contribution >= 4 is 55.7 Å². The molecular formula is H12As2P2. The molecule has 0 saturated heterocycles. The molecule has 4 unspecified atom stereocenters. The summed E-state index contributed by atoms with van der Waals surface area (Å²) in [6, 6.07) is 0. The predicted octanol–water partition coefficient (Wildman–Crippen LogP) is -2.25. The van der Waals surface area contributed by atoms with Gasteiger partial charge in [-0.25, -0.2) is 0 Å². The Morgan fingerprint density at radius 3 is 0.500 bits per heavy atom. The van der Waals surface area contributed by atoms with Gasteiger partial charge < -0.3 is 0 Å². The molecule has 0 fully saturated rings. The normalized spacial score (nSPS) is 0. The second-order valence-corrected chi connectivity index (χ2v) is 0. The van der Waals surface area contributed by atoms with Gasteiger partial charge in [-0.15, -0.1) is 0 Å². The molecular weight excluding hydrogens is 212 g/mol. The van der Waals surface area contributed by atoms with Crippen molar-refractivity contribution in [2.75, 3.05) is 0 Å². The fraction of sp³-hybridized carbons (Fsp3) is 0. The summed E-state index contributed by atoms with van der Waals surface area (Å²) in [7, 11) is 0. The van der Waals surface area contributed by atoms with Crippen LogP contribution in [0.5, 0.6) is 0 Å². The third kappa shape index (κ3) is 9.02. The molecule has 0 aromatic heterocycles. The minimum atomic E-state index is 0. The van der Waals surface area contributed by atoms with Crippen molar-refractivity contribution in [2.24, 2.45) is 0 Å². The third-order valence-electron chi connectivity index (χ3n) is 0. The maximum absolute atomic E-state index is 0. The maximum atomic E-state index is 0. The molecule has 0 aliphatic rings. The summed E-state index contributed by atoms with van der Waals surface area (Å²) in [5, 5.41) is 0. The first-order valence-electron chi connectivity index (χ1n) is 0. The van der Waals surface area contributed by atoms with E-state index in [1.54, 1.807) is 0 Å². The standard InChI is InChI=1S/2AsH3.2H3P/h4*1H3. The number of hydrogen-bond donors (Lipinski definition) is 0. The van der Waals surface area contributed by atoms with Gasteiger partial charge >= 0.3 is 35.9 Å². The van der Waals surface area contributed by atoms with E-state index in [9.17, 15) is 0 Å². The van der Waals surface area contributed by atoms with Gasteiger partial charge in [0.2, 0.25) is 0 Å². The zero-order chi connectivity index (χ0) is 0. The summed E-state index contributed by atoms with van der Waals surface area (Å²) in [5.41, 5.74) is 0. The van der Waals surface area contributed by atoms with Crippen molar-refractivity contribution in [3.8, 4) is 0 Å². The van der Waals surface area contributed by atoms with E-state index in [1.807, 2.05) is 0 Å². The van der Waals surface area contributed by atoms with Crippen LogP contribution in [-0.4, -0.2) is 35.9 Å². The van der Waals surface area contributed by atoms with Gasteiger partial charge in [0.25, 0.3) is 0 Å². The molecule has 0 spiro atoms. The minimum absolute atomic E-state index is 0. The van der Waals surface area contributed by atoms with Crippen LogP contribution < -0.4 is 0 Å². The first-order valence-corrected chi connectivity index (χ1v) is 0. The molecule has 0 nitrogen and oxygen atoms in total. The van der Waals surface area contributed by atoms with E-state index in [0.29, 0.717) is 0 Å². The van der Waals surface area contributed by atoms with Crippen LogP contribution in [0.2, 0.25) is 0 Å². The van der Waals surface area contributed by atoms with Gasteiger partial charge in [-0.2, -0.15) is 19.8 Å². The van der Waals surface area contributed by atoms with Gasteiger partial charge in [-0.05, 0) is 0 Å². The molecule has 0 saturated carbocycles. The van der Waals surface area contributed by atoms with E-state index in [-0.39, 0.29) is 55.7 Å². The van der Waals surface area contributed by atoms with E-state index in [0.717, 1.165) is 0 Å². The van der Waals surface area contributed by atoms with Crippen LogP contribution in [0.1, 0.15) is 0 Å². The SMILES string of the molecule is P.P.[AsH3].[AsH3]. The number of rotatable bonds is 0. The first-order chi connectivity index (χ1) is 0. The van der Waals surface area contributed by atoms with E-state index in [2.05, 4.69) is 0 Å². The Morgan fingerprint density at radius 2 is 0.500 bits per heavy atom. The molecule has 4 heteroatoms. The molecule has 0 radical (unpaired) electrons. The van der Waals surface area contributed by atoms with Crippen molar-refractivity contribution in [1.29, 1.82) is 0 Å². The molecule has 0 N–H and O–H groups in total. The van der Waals surface area contributed by atoms with Gasteiger partial charge in [-0.1, -0.05) is 0 Å². The van der Waals surface area contributed by atoms with E-state index < -0.39 is 0 Å². The average molecular weight is 224 g/mol. The van der Waals surface area contributed by atoms with Crippen molar-refractivity contribution in [3.63, 3.8) is 0 Å². The second kappa shape index (κ2) is 20.1.